The third-order valence-corrected chi connectivity index (χ3v) is 10.2. The van der Waals surface area contributed by atoms with Crippen LogP contribution in [0, 0.1) is 0 Å². The van der Waals surface area contributed by atoms with Gasteiger partial charge in [0.2, 0.25) is 0 Å². The zero-order valence-electron chi connectivity index (χ0n) is 35.0. The molecule has 0 unspecified atom stereocenters. The molecule has 0 atom stereocenters. The Morgan fingerprint density at radius 1 is 0.275 bits per heavy atom. The van der Waals surface area contributed by atoms with Gasteiger partial charge in [-0.1, -0.05) is 143 Å². The molecule has 0 saturated carbocycles. The van der Waals surface area contributed by atoms with Gasteiger partial charge in [-0.15, -0.1) is 0 Å². The van der Waals surface area contributed by atoms with Gasteiger partial charge in [0.05, 0.1) is 0 Å². The standard InChI is InChI=1S/C48H66O3/c1-43(2,3)31-22-34(40(49)37(25-31)46(10,11)12)28-19-29(35-23-32(44(4,5)6)26-38(41(35)50)47(13,14)15)21-30(20-28)36-24-33(45(7,8)9)27-39(42(36)51)48(16,17)18/h19-27,49-51H,1-18H3. The predicted octanol–water partition coefficient (Wildman–Crippen LogP) is 13.6. The van der Waals surface area contributed by atoms with E-state index in [1.807, 2.05) is 0 Å². The van der Waals surface area contributed by atoms with Crippen LogP contribution in [0.15, 0.2) is 54.6 Å². The Morgan fingerprint density at radius 3 is 0.627 bits per heavy atom. The topological polar surface area (TPSA) is 60.7 Å². The van der Waals surface area contributed by atoms with E-state index in [-0.39, 0.29) is 49.7 Å². The number of benzene rings is 4. The average Bonchev–Trinajstić information content (AvgIpc) is 2.93. The zero-order chi connectivity index (χ0) is 39.0. The normalized spacial score (nSPS) is 13.5. The molecule has 0 aliphatic carbocycles. The predicted molar refractivity (Wildman–Crippen MR) is 220 cm³/mol. The summed E-state index contributed by atoms with van der Waals surface area (Å²) in [6.45, 7) is 39.0. The molecule has 0 amide bonds. The van der Waals surface area contributed by atoms with E-state index in [4.69, 9.17) is 0 Å². The lowest BCUT2D eigenvalue weighted by Crippen LogP contribution is -2.17. The number of rotatable bonds is 3. The van der Waals surface area contributed by atoms with Gasteiger partial charge in [0.25, 0.3) is 0 Å². The van der Waals surface area contributed by atoms with Gasteiger partial charge in [-0.05, 0) is 102 Å². The molecule has 0 fully saturated rings. The molecule has 4 rings (SSSR count). The van der Waals surface area contributed by atoms with Crippen molar-refractivity contribution in [2.24, 2.45) is 0 Å². The summed E-state index contributed by atoms with van der Waals surface area (Å²) < 4.78 is 0. The molecule has 3 heteroatoms. The lowest BCUT2D eigenvalue weighted by atomic mass is 9.76. The van der Waals surface area contributed by atoms with Crippen molar-refractivity contribution < 1.29 is 15.3 Å². The van der Waals surface area contributed by atoms with E-state index in [1.165, 1.54) is 0 Å². The first-order valence-electron chi connectivity index (χ1n) is 18.6. The molecule has 0 heterocycles. The summed E-state index contributed by atoms with van der Waals surface area (Å²) >= 11 is 0. The molecule has 276 valence electrons. The monoisotopic (exact) mass is 691 g/mol. The zero-order valence-corrected chi connectivity index (χ0v) is 35.0. The Bertz CT molecular complexity index is 1710. The summed E-state index contributed by atoms with van der Waals surface area (Å²) in [4.78, 5) is 0. The highest BCUT2D eigenvalue weighted by molar-refractivity contribution is 5.88. The Kier molecular flexibility index (Phi) is 10.0. The molecule has 3 nitrogen and oxygen atoms in total. The molecule has 0 radical (unpaired) electrons. The van der Waals surface area contributed by atoms with Crippen molar-refractivity contribution in [2.45, 2.75) is 157 Å². The molecule has 3 N–H and O–H groups in total. The first-order valence-corrected chi connectivity index (χ1v) is 18.6. The van der Waals surface area contributed by atoms with Crippen LogP contribution in [0.4, 0.5) is 0 Å². The highest BCUT2D eigenvalue weighted by Gasteiger charge is 2.30. The fourth-order valence-corrected chi connectivity index (χ4v) is 6.67. The van der Waals surface area contributed by atoms with Crippen molar-refractivity contribution in [3.05, 3.63) is 88.0 Å². The van der Waals surface area contributed by atoms with Gasteiger partial charge in [0.15, 0.2) is 0 Å². The lowest BCUT2D eigenvalue weighted by Gasteiger charge is -2.29. The molecule has 0 aliphatic heterocycles. The summed E-state index contributed by atoms with van der Waals surface area (Å²) in [5, 5.41) is 36.3. The molecule has 0 saturated heterocycles. The minimum absolute atomic E-state index is 0.162. The van der Waals surface area contributed by atoms with Crippen molar-refractivity contribution in [1.29, 1.82) is 0 Å². The van der Waals surface area contributed by atoms with Crippen LogP contribution < -0.4 is 0 Å². The molecular weight excluding hydrogens is 625 g/mol. The fraction of sp³-hybridized carbons (Fsp3) is 0.500. The van der Waals surface area contributed by atoms with Gasteiger partial charge >= 0.3 is 0 Å². The van der Waals surface area contributed by atoms with Crippen LogP contribution in [-0.2, 0) is 32.5 Å². The molecule has 0 aromatic heterocycles. The Hall–Kier alpha value is -3.72. The van der Waals surface area contributed by atoms with E-state index in [1.54, 1.807) is 0 Å². The van der Waals surface area contributed by atoms with Gasteiger partial charge < -0.3 is 15.3 Å². The molecule has 4 aromatic carbocycles. The summed E-state index contributed by atoms with van der Waals surface area (Å²) in [5.41, 5.74) is 9.35. The number of phenolic OH excluding ortho intramolecular Hbond substituents is 3. The highest BCUT2D eigenvalue weighted by Crippen LogP contribution is 2.49. The largest absolute Gasteiger partial charge is 0.507 e. The maximum absolute atomic E-state index is 12.1. The maximum Gasteiger partial charge on any atom is 0.127 e. The second-order valence-electron chi connectivity index (χ2n) is 21.1. The van der Waals surface area contributed by atoms with E-state index >= 15 is 0 Å². The second kappa shape index (κ2) is 12.7. The van der Waals surface area contributed by atoms with Gasteiger partial charge in [-0.2, -0.15) is 0 Å². The third kappa shape index (κ3) is 8.34. The van der Waals surface area contributed by atoms with E-state index in [9.17, 15) is 15.3 Å². The van der Waals surface area contributed by atoms with Crippen LogP contribution in [0.2, 0.25) is 0 Å². The first kappa shape index (κ1) is 40.1. The Labute approximate surface area is 310 Å². The summed E-state index contributed by atoms with van der Waals surface area (Å²) in [6, 6.07) is 19.1. The number of hydrogen-bond acceptors (Lipinski definition) is 3. The van der Waals surface area contributed by atoms with E-state index in [0.29, 0.717) is 0 Å². The van der Waals surface area contributed by atoms with Crippen molar-refractivity contribution >= 4 is 0 Å². The Morgan fingerprint density at radius 2 is 0.471 bits per heavy atom. The fourth-order valence-electron chi connectivity index (χ4n) is 6.67. The van der Waals surface area contributed by atoms with Crippen molar-refractivity contribution in [3.63, 3.8) is 0 Å². The number of phenols is 3. The molecule has 0 aliphatic rings. The smallest absolute Gasteiger partial charge is 0.127 e. The summed E-state index contributed by atoms with van der Waals surface area (Å²) in [6.07, 6.45) is 0. The summed E-state index contributed by atoms with van der Waals surface area (Å²) in [5.74, 6) is 0.763. The van der Waals surface area contributed by atoms with Crippen molar-refractivity contribution in [3.8, 4) is 50.6 Å². The summed E-state index contributed by atoms with van der Waals surface area (Å²) in [7, 11) is 0. The van der Waals surface area contributed by atoms with Gasteiger partial charge in [0, 0.05) is 33.4 Å². The molecule has 0 spiro atoms. The van der Waals surface area contributed by atoms with E-state index in [0.717, 1.165) is 66.8 Å². The van der Waals surface area contributed by atoms with E-state index in [2.05, 4.69) is 179 Å². The van der Waals surface area contributed by atoms with Crippen LogP contribution in [-0.4, -0.2) is 15.3 Å². The van der Waals surface area contributed by atoms with Gasteiger partial charge in [0.1, 0.15) is 17.2 Å². The molecule has 0 bridgehead atoms. The minimum Gasteiger partial charge on any atom is -0.507 e. The van der Waals surface area contributed by atoms with Crippen molar-refractivity contribution in [2.75, 3.05) is 0 Å². The van der Waals surface area contributed by atoms with Crippen LogP contribution >= 0.6 is 0 Å². The number of aromatic hydroxyl groups is 3. The van der Waals surface area contributed by atoms with E-state index < -0.39 is 0 Å². The third-order valence-electron chi connectivity index (χ3n) is 10.2. The van der Waals surface area contributed by atoms with Crippen LogP contribution in [0.5, 0.6) is 17.2 Å². The first-order chi connectivity index (χ1) is 22.8. The molecule has 51 heavy (non-hydrogen) atoms. The highest BCUT2D eigenvalue weighted by atomic mass is 16.3. The number of hydrogen-bond donors (Lipinski definition) is 3. The van der Waals surface area contributed by atoms with Crippen molar-refractivity contribution in [1.82, 2.24) is 0 Å². The lowest BCUT2D eigenvalue weighted by molar-refractivity contribution is 0.446. The molecular formula is C48H66O3. The van der Waals surface area contributed by atoms with Gasteiger partial charge in [-0.25, -0.2) is 0 Å². The SMILES string of the molecule is CC(C)(C)c1cc(-c2cc(-c3cc(C(C)(C)C)cc(C(C)(C)C)c3O)cc(-c3cc(C(C)(C)C)cc(C(C)(C)C)c3O)c2)c(O)c(C(C)(C)C)c1. The van der Waals surface area contributed by atoms with Gasteiger partial charge in [-0.3, -0.25) is 0 Å². The maximum atomic E-state index is 12.1. The average molecular weight is 691 g/mol. The van der Waals surface area contributed by atoms with Crippen LogP contribution in [0.1, 0.15) is 158 Å². The van der Waals surface area contributed by atoms with Crippen LogP contribution in [0.25, 0.3) is 33.4 Å². The Balaban J connectivity index is 2.28. The minimum atomic E-state index is -0.303. The quantitative estimate of drug-likeness (QED) is 0.200. The van der Waals surface area contributed by atoms with Crippen LogP contribution in [0.3, 0.4) is 0 Å². The molecule has 4 aromatic rings. The second-order valence-corrected chi connectivity index (χ2v) is 21.1.